The van der Waals surface area contributed by atoms with Crippen LogP contribution in [0.4, 0.5) is 4.39 Å². The molecule has 0 N–H and O–H groups in total. The molecule has 1 fully saturated rings. The Morgan fingerprint density at radius 3 is 2.61 bits per heavy atom. The number of aromatic nitrogens is 4. The van der Waals surface area contributed by atoms with Crippen LogP contribution in [-0.2, 0) is 11.2 Å². The van der Waals surface area contributed by atoms with Gasteiger partial charge in [-0.1, -0.05) is 12.1 Å². The molecule has 1 atom stereocenters. The van der Waals surface area contributed by atoms with Crippen LogP contribution < -0.4 is 0 Å². The smallest absolute Gasteiger partial charge is 0.247 e. The lowest BCUT2D eigenvalue weighted by Gasteiger charge is -2.30. The van der Waals surface area contributed by atoms with E-state index in [1.165, 1.54) is 12.1 Å². The van der Waals surface area contributed by atoms with Gasteiger partial charge in [0, 0.05) is 31.0 Å². The number of thioether (sulfide) groups is 1. The summed E-state index contributed by atoms with van der Waals surface area (Å²) in [6.07, 6.45) is 0.439. The summed E-state index contributed by atoms with van der Waals surface area (Å²) in [5, 5.41) is 11.5. The number of hydrogen-bond donors (Lipinski definition) is 0. The Morgan fingerprint density at radius 1 is 1.30 bits per heavy atom. The number of rotatable bonds is 4. The molecule has 2 heterocycles. The zero-order valence-corrected chi connectivity index (χ0v) is 13.7. The Kier molecular flexibility index (Phi) is 4.90. The van der Waals surface area contributed by atoms with Crippen molar-refractivity contribution in [2.45, 2.75) is 19.4 Å². The van der Waals surface area contributed by atoms with Gasteiger partial charge in [0.2, 0.25) is 5.91 Å². The van der Waals surface area contributed by atoms with Crippen molar-refractivity contribution in [2.24, 2.45) is 0 Å². The second kappa shape index (κ2) is 7.08. The first-order valence-electron chi connectivity index (χ1n) is 7.50. The van der Waals surface area contributed by atoms with Crippen LogP contribution in [0.3, 0.4) is 0 Å². The number of aryl methyl sites for hydroxylation is 1. The predicted molar refractivity (Wildman–Crippen MR) is 85.6 cm³/mol. The first kappa shape index (κ1) is 15.9. The maximum atomic E-state index is 13.1. The van der Waals surface area contributed by atoms with E-state index in [2.05, 4.69) is 15.5 Å². The van der Waals surface area contributed by atoms with Gasteiger partial charge in [-0.3, -0.25) is 4.79 Å². The minimum Gasteiger partial charge on any atom is -0.339 e. The molecule has 1 aliphatic heterocycles. The topological polar surface area (TPSA) is 63.9 Å². The zero-order chi connectivity index (χ0) is 16.2. The summed E-state index contributed by atoms with van der Waals surface area (Å²) in [4.78, 5) is 14.8. The summed E-state index contributed by atoms with van der Waals surface area (Å²) in [5.41, 5.74) is 0.881. The third-order valence-corrected chi connectivity index (χ3v) is 4.85. The summed E-state index contributed by atoms with van der Waals surface area (Å²) in [6.45, 7) is 3.26. The number of carbonyl (C=O) groups excluding carboxylic acids is 1. The molecule has 0 spiro atoms. The van der Waals surface area contributed by atoms with Crippen LogP contribution in [0, 0.1) is 12.7 Å². The fourth-order valence-electron chi connectivity index (χ4n) is 2.64. The monoisotopic (exact) mass is 335 g/mol. The molecule has 0 saturated carbocycles. The average molecular weight is 335 g/mol. The molecule has 6 nitrogen and oxygen atoms in total. The molecule has 1 aliphatic rings. The second-order valence-corrected chi connectivity index (χ2v) is 6.68. The Morgan fingerprint density at radius 2 is 2.00 bits per heavy atom. The lowest BCUT2D eigenvalue weighted by Crippen LogP contribution is -2.43. The highest BCUT2D eigenvalue weighted by Crippen LogP contribution is 2.20. The van der Waals surface area contributed by atoms with Crippen molar-refractivity contribution in [3.05, 3.63) is 41.5 Å². The van der Waals surface area contributed by atoms with Crippen molar-refractivity contribution in [1.29, 1.82) is 0 Å². The van der Waals surface area contributed by atoms with E-state index >= 15 is 0 Å². The number of tetrazole rings is 1. The van der Waals surface area contributed by atoms with Crippen LogP contribution in [-0.4, -0.2) is 55.6 Å². The summed E-state index contributed by atoms with van der Waals surface area (Å²) in [6, 6.07) is 5.70. The van der Waals surface area contributed by atoms with Crippen molar-refractivity contribution in [3.8, 4) is 0 Å². The number of hydrogen-bond acceptors (Lipinski definition) is 5. The van der Waals surface area contributed by atoms with Crippen LogP contribution in [0.25, 0.3) is 0 Å². The molecule has 23 heavy (non-hydrogen) atoms. The lowest BCUT2D eigenvalue weighted by molar-refractivity contribution is -0.134. The molecular weight excluding hydrogens is 317 g/mol. The molecule has 2 aromatic rings. The van der Waals surface area contributed by atoms with Gasteiger partial charge in [-0.05, 0) is 35.0 Å². The van der Waals surface area contributed by atoms with E-state index in [1.54, 1.807) is 23.7 Å². The quantitative estimate of drug-likeness (QED) is 0.847. The van der Waals surface area contributed by atoms with Crippen LogP contribution in [0.15, 0.2) is 24.3 Å². The SMILES string of the molecule is Cc1nnnn1[C@H](Cc1ccc(F)cc1)C(=O)N1CCSCC1. The second-order valence-electron chi connectivity index (χ2n) is 5.45. The average Bonchev–Trinajstić information content (AvgIpc) is 3.00. The highest BCUT2D eigenvalue weighted by Gasteiger charge is 2.29. The van der Waals surface area contributed by atoms with E-state index in [-0.39, 0.29) is 11.7 Å². The standard InChI is InChI=1S/C15H18FN5OS/c1-11-17-18-19-21(11)14(10-12-2-4-13(16)5-3-12)15(22)20-6-8-23-9-7-20/h2-5,14H,6-10H2,1H3/t14-/m1/s1. The van der Waals surface area contributed by atoms with Gasteiger partial charge >= 0.3 is 0 Å². The van der Waals surface area contributed by atoms with Crippen LogP contribution in [0.1, 0.15) is 17.4 Å². The van der Waals surface area contributed by atoms with E-state index in [4.69, 9.17) is 0 Å². The molecule has 0 bridgehead atoms. The molecule has 8 heteroatoms. The van der Waals surface area contributed by atoms with E-state index in [9.17, 15) is 9.18 Å². The van der Waals surface area contributed by atoms with Crippen molar-refractivity contribution >= 4 is 17.7 Å². The number of benzene rings is 1. The minimum atomic E-state index is -0.501. The fraction of sp³-hybridized carbons (Fsp3) is 0.467. The Balaban J connectivity index is 1.85. The molecular formula is C15H18FN5OS. The van der Waals surface area contributed by atoms with Gasteiger partial charge in [0.25, 0.3) is 0 Å². The molecule has 1 amide bonds. The minimum absolute atomic E-state index is 0.0185. The number of halogens is 1. The summed E-state index contributed by atoms with van der Waals surface area (Å²) >= 11 is 1.85. The Bertz CT molecular complexity index is 669. The fourth-order valence-corrected chi connectivity index (χ4v) is 3.55. The Hall–Kier alpha value is -1.96. The normalized spacial score (nSPS) is 16.3. The van der Waals surface area contributed by atoms with Gasteiger partial charge in [-0.25, -0.2) is 9.07 Å². The maximum absolute atomic E-state index is 13.1. The first-order chi connectivity index (χ1) is 11.1. The summed E-state index contributed by atoms with van der Waals surface area (Å²) in [7, 11) is 0. The largest absolute Gasteiger partial charge is 0.339 e. The first-order valence-corrected chi connectivity index (χ1v) is 8.66. The maximum Gasteiger partial charge on any atom is 0.247 e. The van der Waals surface area contributed by atoms with Gasteiger partial charge < -0.3 is 4.90 Å². The molecule has 0 aliphatic carbocycles. The summed E-state index contributed by atoms with van der Waals surface area (Å²) in [5.74, 6) is 2.22. The van der Waals surface area contributed by atoms with Crippen LogP contribution >= 0.6 is 11.8 Å². The van der Waals surface area contributed by atoms with Gasteiger partial charge in [0.1, 0.15) is 17.7 Å². The molecule has 1 aromatic carbocycles. The van der Waals surface area contributed by atoms with E-state index in [0.717, 1.165) is 30.2 Å². The van der Waals surface area contributed by atoms with Crippen LogP contribution in [0.2, 0.25) is 0 Å². The van der Waals surface area contributed by atoms with Crippen molar-refractivity contribution < 1.29 is 9.18 Å². The molecule has 0 radical (unpaired) electrons. The lowest BCUT2D eigenvalue weighted by atomic mass is 10.0. The van der Waals surface area contributed by atoms with Gasteiger partial charge in [0.05, 0.1) is 0 Å². The van der Waals surface area contributed by atoms with Crippen LogP contribution in [0.5, 0.6) is 0 Å². The third kappa shape index (κ3) is 3.69. The molecule has 0 unspecified atom stereocenters. The van der Waals surface area contributed by atoms with Crippen molar-refractivity contribution in [3.63, 3.8) is 0 Å². The number of nitrogens with zero attached hydrogens (tertiary/aromatic N) is 5. The number of amides is 1. The molecule has 122 valence electrons. The van der Waals surface area contributed by atoms with Gasteiger partial charge in [0.15, 0.2) is 0 Å². The summed E-state index contributed by atoms with van der Waals surface area (Å²) < 4.78 is 14.7. The molecule has 1 aromatic heterocycles. The van der Waals surface area contributed by atoms with E-state index < -0.39 is 6.04 Å². The van der Waals surface area contributed by atoms with E-state index in [0.29, 0.717) is 12.2 Å². The highest BCUT2D eigenvalue weighted by molar-refractivity contribution is 7.99. The third-order valence-electron chi connectivity index (χ3n) is 3.90. The van der Waals surface area contributed by atoms with Gasteiger partial charge in [-0.2, -0.15) is 11.8 Å². The van der Waals surface area contributed by atoms with Crippen molar-refractivity contribution in [2.75, 3.05) is 24.6 Å². The van der Waals surface area contributed by atoms with Gasteiger partial charge in [-0.15, -0.1) is 5.10 Å². The van der Waals surface area contributed by atoms with Crippen molar-refractivity contribution in [1.82, 2.24) is 25.1 Å². The zero-order valence-electron chi connectivity index (χ0n) is 12.9. The predicted octanol–water partition coefficient (Wildman–Crippen LogP) is 1.48. The Labute approximate surface area is 138 Å². The number of carbonyl (C=O) groups is 1. The van der Waals surface area contributed by atoms with E-state index in [1.807, 2.05) is 16.7 Å². The molecule has 1 saturated heterocycles. The highest BCUT2D eigenvalue weighted by atomic mass is 32.2. The molecule has 3 rings (SSSR count).